The van der Waals surface area contributed by atoms with Crippen LogP contribution in [0.2, 0.25) is 0 Å². The van der Waals surface area contributed by atoms with Gasteiger partial charge in [0, 0.05) is 16.6 Å². The summed E-state index contributed by atoms with van der Waals surface area (Å²) in [6.45, 7) is 4.88. The standard InChI is InChI=1S/C27H23BrN2O5/c1-3-20-17-11-22(32-2)21(31)10-18(17)25-26(15-7-5-4-6-8-15)29-35-27(25)30(20)13-16-9-23-24(12-19(16)28)34-14-33-23/h3-12,20,25,27,31H,1,13-14H2,2H3/t20-,25+,27-/m1/s1. The number of ether oxygens (including phenoxy) is 3. The van der Waals surface area contributed by atoms with Gasteiger partial charge in [-0.2, -0.15) is 0 Å². The highest BCUT2D eigenvalue weighted by atomic mass is 79.9. The van der Waals surface area contributed by atoms with E-state index in [-0.39, 0.29) is 24.5 Å². The second kappa shape index (κ2) is 8.62. The lowest BCUT2D eigenvalue weighted by molar-refractivity contribution is -0.0720. The van der Waals surface area contributed by atoms with Gasteiger partial charge < -0.3 is 24.2 Å². The minimum Gasteiger partial charge on any atom is -0.504 e. The van der Waals surface area contributed by atoms with Gasteiger partial charge >= 0.3 is 0 Å². The van der Waals surface area contributed by atoms with Crippen LogP contribution in [0, 0.1) is 0 Å². The Hall–Kier alpha value is -3.49. The Morgan fingerprint density at radius 3 is 2.66 bits per heavy atom. The fourth-order valence-electron chi connectivity index (χ4n) is 5.11. The van der Waals surface area contributed by atoms with Crippen LogP contribution in [0.4, 0.5) is 0 Å². The number of nitrogens with zero attached hydrogens (tertiary/aromatic N) is 2. The SMILES string of the molecule is C=C[C@@H]1c2cc(OC)c(O)cc2[C@H]2C(c3ccccc3)=NO[C@H]2N1Cc1cc2c(cc1Br)OCO2. The van der Waals surface area contributed by atoms with Gasteiger partial charge in [-0.3, -0.25) is 4.90 Å². The number of benzene rings is 3. The molecule has 3 aromatic carbocycles. The van der Waals surface area contributed by atoms with Crippen LogP contribution in [0.15, 0.2) is 76.9 Å². The molecule has 7 nitrogen and oxygen atoms in total. The highest BCUT2D eigenvalue weighted by molar-refractivity contribution is 9.10. The average molecular weight is 535 g/mol. The largest absolute Gasteiger partial charge is 0.504 e. The molecule has 3 heterocycles. The second-order valence-corrected chi connectivity index (χ2v) is 9.47. The number of halogens is 1. The predicted molar refractivity (Wildman–Crippen MR) is 134 cm³/mol. The lowest BCUT2D eigenvalue weighted by Gasteiger charge is -2.42. The Morgan fingerprint density at radius 2 is 1.91 bits per heavy atom. The van der Waals surface area contributed by atoms with Crippen LogP contribution in [0.5, 0.6) is 23.0 Å². The molecule has 0 spiro atoms. The number of phenols is 1. The van der Waals surface area contributed by atoms with Crippen molar-refractivity contribution < 1.29 is 24.2 Å². The molecule has 0 saturated heterocycles. The molecular formula is C27H23BrN2O5. The van der Waals surface area contributed by atoms with Gasteiger partial charge in [-0.1, -0.05) is 57.5 Å². The number of methoxy groups -OCH3 is 1. The van der Waals surface area contributed by atoms with Crippen molar-refractivity contribution in [3.63, 3.8) is 0 Å². The molecule has 0 aromatic heterocycles. The number of hydrogen-bond donors (Lipinski definition) is 1. The topological polar surface area (TPSA) is 72.8 Å². The van der Waals surface area contributed by atoms with Crippen LogP contribution in [0.3, 0.4) is 0 Å². The third kappa shape index (κ3) is 3.56. The van der Waals surface area contributed by atoms with Crippen LogP contribution >= 0.6 is 15.9 Å². The first-order chi connectivity index (χ1) is 17.1. The van der Waals surface area contributed by atoms with E-state index in [2.05, 4.69) is 32.6 Å². The monoisotopic (exact) mass is 534 g/mol. The number of aromatic hydroxyl groups is 1. The van der Waals surface area contributed by atoms with Crippen molar-refractivity contribution in [3.05, 3.63) is 94.0 Å². The van der Waals surface area contributed by atoms with Crippen LogP contribution in [-0.2, 0) is 11.4 Å². The van der Waals surface area contributed by atoms with E-state index in [1.165, 1.54) is 0 Å². The van der Waals surface area contributed by atoms with Gasteiger partial charge in [-0.15, -0.1) is 6.58 Å². The van der Waals surface area contributed by atoms with Crippen molar-refractivity contribution in [2.24, 2.45) is 5.16 Å². The van der Waals surface area contributed by atoms with E-state index >= 15 is 0 Å². The van der Waals surface area contributed by atoms with Gasteiger partial charge in [0.25, 0.3) is 0 Å². The third-order valence-corrected chi connectivity index (χ3v) is 7.49. The molecule has 0 saturated carbocycles. The van der Waals surface area contributed by atoms with Crippen molar-refractivity contribution in [2.75, 3.05) is 13.9 Å². The smallest absolute Gasteiger partial charge is 0.231 e. The zero-order chi connectivity index (χ0) is 24.1. The van der Waals surface area contributed by atoms with E-state index < -0.39 is 6.23 Å². The number of fused-ring (bicyclic) bond motifs is 4. The summed E-state index contributed by atoms with van der Waals surface area (Å²) in [4.78, 5) is 8.33. The van der Waals surface area contributed by atoms with Crippen LogP contribution in [0.25, 0.3) is 0 Å². The summed E-state index contributed by atoms with van der Waals surface area (Å²) < 4.78 is 17.5. The lowest BCUT2D eigenvalue weighted by atomic mass is 9.79. The van der Waals surface area contributed by atoms with E-state index in [0.717, 1.165) is 38.2 Å². The van der Waals surface area contributed by atoms with Crippen molar-refractivity contribution in [1.29, 1.82) is 0 Å². The molecule has 0 bridgehead atoms. The highest BCUT2D eigenvalue weighted by Crippen LogP contribution is 2.50. The summed E-state index contributed by atoms with van der Waals surface area (Å²) in [7, 11) is 1.55. The molecule has 3 atom stereocenters. The summed E-state index contributed by atoms with van der Waals surface area (Å²) in [6, 6.07) is 17.3. The van der Waals surface area contributed by atoms with Crippen LogP contribution < -0.4 is 14.2 Å². The maximum absolute atomic E-state index is 10.7. The predicted octanol–water partition coefficient (Wildman–Crippen LogP) is 5.48. The van der Waals surface area contributed by atoms with E-state index in [1.807, 2.05) is 54.6 Å². The zero-order valence-corrected chi connectivity index (χ0v) is 20.6. The van der Waals surface area contributed by atoms with Gasteiger partial charge in [-0.05, 0) is 41.0 Å². The van der Waals surface area contributed by atoms with E-state index in [0.29, 0.717) is 18.0 Å². The fraction of sp³-hybridized carbons (Fsp3) is 0.222. The minimum atomic E-state index is -0.397. The first-order valence-electron chi connectivity index (χ1n) is 11.2. The number of phenolic OH excluding ortho intramolecular Hbond substituents is 1. The van der Waals surface area contributed by atoms with Crippen molar-refractivity contribution in [1.82, 2.24) is 4.90 Å². The molecule has 1 N–H and O–H groups in total. The summed E-state index contributed by atoms with van der Waals surface area (Å²) in [5.41, 5.74) is 4.74. The van der Waals surface area contributed by atoms with Gasteiger partial charge in [0.2, 0.25) is 6.79 Å². The van der Waals surface area contributed by atoms with Crippen LogP contribution in [-0.4, -0.2) is 35.8 Å². The van der Waals surface area contributed by atoms with E-state index in [9.17, 15) is 5.11 Å². The summed E-state index contributed by atoms with van der Waals surface area (Å²) in [5, 5.41) is 15.2. The normalized spacial score (nSPS) is 22.1. The zero-order valence-electron chi connectivity index (χ0n) is 19.0. The Kier molecular flexibility index (Phi) is 5.42. The molecule has 3 aromatic rings. The minimum absolute atomic E-state index is 0.0825. The summed E-state index contributed by atoms with van der Waals surface area (Å²) in [5.74, 6) is 1.71. The first kappa shape index (κ1) is 22.0. The van der Waals surface area contributed by atoms with Crippen molar-refractivity contribution >= 4 is 21.6 Å². The van der Waals surface area contributed by atoms with Crippen LogP contribution in [0.1, 0.15) is 34.2 Å². The molecule has 0 radical (unpaired) electrons. The maximum Gasteiger partial charge on any atom is 0.231 e. The maximum atomic E-state index is 10.7. The van der Waals surface area contributed by atoms with Crippen molar-refractivity contribution in [2.45, 2.75) is 24.7 Å². The summed E-state index contributed by atoms with van der Waals surface area (Å²) in [6.07, 6.45) is 1.49. The molecule has 178 valence electrons. The van der Waals surface area contributed by atoms with Crippen molar-refractivity contribution in [3.8, 4) is 23.0 Å². The number of rotatable bonds is 5. The Morgan fingerprint density at radius 1 is 1.14 bits per heavy atom. The first-order valence-corrected chi connectivity index (χ1v) is 12.0. The Labute approximate surface area is 211 Å². The molecule has 0 unspecified atom stereocenters. The van der Waals surface area contributed by atoms with E-state index in [4.69, 9.17) is 19.0 Å². The molecule has 6 rings (SSSR count). The molecule has 8 heteroatoms. The second-order valence-electron chi connectivity index (χ2n) is 8.62. The molecule has 0 fully saturated rings. The molecule has 3 aliphatic heterocycles. The Balaban J connectivity index is 1.48. The molecule has 0 amide bonds. The lowest BCUT2D eigenvalue weighted by Crippen LogP contribution is -2.46. The molecule has 3 aliphatic rings. The van der Waals surface area contributed by atoms with Gasteiger partial charge in [0.1, 0.15) is 0 Å². The average Bonchev–Trinajstić information content (AvgIpc) is 3.52. The molecule has 35 heavy (non-hydrogen) atoms. The van der Waals surface area contributed by atoms with Gasteiger partial charge in [0.15, 0.2) is 29.2 Å². The quantitative estimate of drug-likeness (QED) is 0.437. The summed E-state index contributed by atoms with van der Waals surface area (Å²) >= 11 is 3.69. The molecular weight excluding hydrogens is 512 g/mol. The van der Waals surface area contributed by atoms with E-state index in [1.54, 1.807) is 13.2 Å². The molecule has 0 aliphatic carbocycles. The fourth-order valence-corrected chi connectivity index (χ4v) is 5.56. The highest BCUT2D eigenvalue weighted by Gasteiger charge is 2.48. The van der Waals surface area contributed by atoms with Gasteiger partial charge in [-0.25, -0.2) is 0 Å². The third-order valence-electron chi connectivity index (χ3n) is 6.75. The number of hydrogen-bond acceptors (Lipinski definition) is 7. The van der Waals surface area contributed by atoms with Gasteiger partial charge in [0.05, 0.1) is 24.8 Å². The number of oxime groups is 1. The Bertz CT molecular complexity index is 1340.